The van der Waals surface area contributed by atoms with Crippen molar-refractivity contribution in [2.75, 3.05) is 6.61 Å². The number of aromatic nitrogens is 2. The second-order valence-corrected chi connectivity index (χ2v) is 4.99. The fraction of sp³-hybridized carbons (Fsp3) is 0.333. The Morgan fingerprint density at radius 1 is 1.39 bits per heavy atom. The van der Waals surface area contributed by atoms with E-state index in [4.69, 9.17) is 15.4 Å². The van der Waals surface area contributed by atoms with Gasteiger partial charge in [-0.25, -0.2) is 0 Å². The van der Waals surface area contributed by atoms with E-state index < -0.39 is 6.04 Å². The third-order valence-electron chi connectivity index (χ3n) is 2.39. The Morgan fingerprint density at radius 2 is 2.11 bits per heavy atom. The van der Waals surface area contributed by atoms with Gasteiger partial charge in [0, 0.05) is 4.90 Å². The maximum Gasteiger partial charge on any atom is 0.245 e. The highest BCUT2D eigenvalue weighted by Gasteiger charge is 2.13. The highest BCUT2D eigenvalue weighted by atomic mass is 32.2. The molecule has 0 spiro atoms. The SMILES string of the molecule is Cc1ccc(SCc2noc([C@@H](N)CO)n2)cc1. The second kappa shape index (κ2) is 5.99. The van der Waals surface area contributed by atoms with Gasteiger partial charge in [-0.05, 0) is 19.1 Å². The molecule has 5 nitrogen and oxygen atoms in total. The molecule has 1 aromatic heterocycles. The molecule has 0 aliphatic heterocycles. The molecule has 0 saturated heterocycles. The van der Waals surface area contributed by atoms with Crippen molar-refractivity contribution in [2.45, 2.75) is 23.6 Å². The van der Waals surface area contributed by atoms with E-state index in [-0.39, 0.29) is 12.5 Å². The molecule has 0 bridgehead atoms. The van der Waals surface area contributed by atoms with E-state index in [1.54, 1.807) is 11.8 Å². The van der Waals surface area contributed by atoms with Crippen LogP contribution in [0.15, 0.2) is 33.7 Å². The Morgan fingerprint density at radius 3 is 2.78 bits per heavy atom. The van der Waals surface area contributed by atoms with E-state index in [2.05, 4.69) is 41.3 Å². The van der Waals surface area contributed by atoms with Gasteiger partial charge in [0.25, 0.3) is 0 Å². The zero-order valence-corrected chi connectivity index (χ0v) is 10.9. The number of nitrogens with zero attached hydrogens (tertiary/aromatic N) is 2. The molecule has 0 aliphatic carbocycles. The Kier molecular flexibility index (Phi) is 4.35. The Balaban J connectivity index is 1.94. The van der Waals surface area contributed by atoms with Crippen LogP contribution in [0.25, 0.3) is 0 Å². The van der Waals surface area contributed by atoms with Crippen molar-refractivity contribution >= 4 is 11.8 Å². The Labute approximate surface area is 109 Å². The number of aliphatic hydroxyl groups is 1. The summed E-state index contributed by atoms with van der Waals surface area (Å²) in [6.07, 6.45) is 0. The molecule has 2 rings (SSSR count). The van der Waals surface area contributed by atoms with Crippen LogP contribution in [0, 0.1) is 6.92 Å². The van der Waals surface area contributed by atoms with Gasteiger partial charge in [0.05, 0.1) is 12.4 Å². The zero-order valence-electron chi connectivity index (χ0n) is 10.0. The molecule has 0 amide bonds. The van der Waals surface area contributed by atoms with E-state index in [1.807, 2.05) is 0 Å². The summed E-state index contributed by atoms with van der Waals surface area (Å²) >= 11 is 1.63. The largest absolute Gasteiger partial charge is 0.394 e. The van der Waals surface area contributed by atoms with Gasteiger partial charge in [-0.15, -0.1) is 11.8 Å². The average molecular weight is 265 g/mol. The van der Waals surface area contributed by atoms with E-state index in [0.717, 1.165) is 4.90 Å². The second-order valence-electron chi connectivity index (χ2n) is 3.94. The fourth-order valence-electron chi connectivity index (χ4n) is 1.34. The molecular formula is C12H15N3O2S. The molecule has 0 saturated carbocycles. The van der Waals surface area contributed by atoms with Gasteiger partial charge in [0.15, 0.2) is 5.82 Å². The molecule has 6 heteroatoms. The fourth-order valence-corrected chi connectivity index (χ4v) is 2.08. The molecule has 3 N–H and O–H groups in total. The minimum atomic E-state index is -0.601. The van der Waals surface area contributed by atoms with Gasteiger partial charge in [-0.1, -0.05) is 22.9 Å². The zero-order chi connectivity index (χ0) is 13.0. The van der Waals surface area contributed by atoms with Crippen LogP contribution in [0.1, 0.15) is 23.3 Å². The Hall–Kier alpha value is -1.37. The number of aryl methyl sites for hydroxylation is 1. The lowest BCUT2D eigenvalue weighted by Gasteiger charge is -1.99. The quantitative estimate of drug-likeness (QED) is 0.800. The summed E-state index contributed by atoms with van der Waals surface area (Å²) in [5.41, 5.74) is 6.81. The summed E-state index contributed by atoms with van der Waals surface area (Å²) in [4.78, 5) is 5.28. The van der Waals surface area contributed by atoms with Crippen molar-refractivity contribution in [1.29, 1.82) is 0 Å². The molecule has 96 valence electrons. The number of nitrogens with two attached hydrogens (primary N) is 1. The molecular weight excluding hydrogens is 250 g/mol. The maximum atomic E-state index is 8.87. The van der Waals surface area contributed by atoms with Crippen LogP contribution in [0.4, 0.5) is 0 Å². The molecule has 2 aromatic rings. The van der Waals surface area contributed by atoms with Crippen LogP contribution in [-0.4, -0.2) is 21.9 Å². The average Bonchev–Trinajstić information content (AvgIpc) is 2.86. The van der Waals surface area contributed by atoms with E-state index in [1.165, 1.54) is 5.56 Å². The predicted molar refractivity (Wildman–Crippen MR) is 69.1 cm³/mol. The van der Waals surface area contributed by atoms with Crippen LogP contribution in [0.5, 0.6) is 0 Å². The lowest BCUT2D eigenvalue weighted by molar-refractivity contribution is 0.236. The minimum absolute atomic E-state index is 0.202. The van der Waals surface area contributed by atoms with Crippen molar-refractivity contribution in [3.8, 4) is 0 Å². The summed E-state index contributed by atoms with van der Waals surface area (Å²) in [5.74, 6) is 1.47. The third kappa shape index (κ3) is 3.32. The van der Waals surface area contributed by atoms with Crippen molar-refractivity contribution in [2.24, 2.45) is 5.73 Å². The molecule has 0 fully saturated rings. The van der Waals surface area contributed by atoms with E-state index in [0.29, 0.717) is 11.6 Å². The number of aliphatic hydroxyl groups excluding tert-OH is 1. The van der Waals surface area contributed by atoms with Crippen molar-refractivity contribution in [3.05, 3.63) is 41.5 Å². The van der Waals surface area contributed by atoms with Crippen LogP contribution in [-0.2, 0) is 5.75 Å². The van der Waals surface area contributed by atoms with Gasteiger partial charge in [-0.3, -0.25) is 0 Å². The maximum absolute atomic E-state index is 8.87. The summed E-state index contributed by atoms with van der Waals surface area (Å²) in [7, 11) is 0. The monoisotopic (exact) mass is 265 g/mol. The number of hydrogen-bond acceptors (Lipinski definition) is 6. The highest BCUT2D eigenvalue weighted by molar-refractivity contribution is 7.98. The van der Waals surface area contributed by atoms with Crippen molar-refractivity contribution in [3.63, 3.8) is 0 Å². The third-order valence-corrected chi connectivity index (χ3v) is 3.39. The first-order valence-electron chi connectivity index (χ1n) is 5.57. The molecule has 1 heterocycles. The Bertz CT molecular complexity index is 498. The van der Waals surface area contributed by atoms with Crippen molar-refractivity contribution < 1.29 is 9.63 Å². The molecule has 0 unspecified atom stereocenters. The van der Waals surface area contributed by atoms with Crippen molar-refractivity contribution in [1.82, 2.24) is 10.1 Å². The number of hydrogen-bond donors (Lipinski definition) is 2. The first-order valence-corrected chi connectivity index (χ1v) is 6.56. The van der Waals surface area contributed by atoms with Crippen LogP contribution >= 0.6 is 11.8 Å². The lowest BCUT2D eigenvalue weighted by atomic mass is 10.2. The summed E-state index contributed by atoms with van der Waals surface area (Å²) in [6, 6.07) is 7.63. The van der Waals surface area contributed by atoms with Crippen LogP contribution < -0.4 is 5.73 Å². The lowest BCUT2D eigenvalue weighted by Crippen LogP contribution is -2.14. The number of benzene rings is 1. The number of rotatable bonds is 5. The first kappa shape index (κ1) is 13.1. The van der Waals surface area contributed by atoms with Gasteiger partial charge in [0.1, 0.15) is 6.04 Å². The molecule has 1 aromatic carbocycles. The van der Waals surface area contributed by atoms with Gasteiger partial charge >= 0.3 is 0 Å². The van der Waals surface area contributed by atoms with Gasteiger partial charge in [-0.2, -0.15) is 4.98 Å². The van der Waals surface area contributed by atoms with E-state index >= 15 is 0 Å². The van der Waals surface area contributed by atoms with Crippen LogP contribution in [0.3, 0.4) is 0 Å². The summed E-state index contributed by atoms with van der Waals surface area (Å²) in [5, 5.41) is 12.7. The summed E-state index contributed by atoms with van der Waals surface area (Å²) in [6.45, 7) is 1.85. The first-order chi connectivity index (χ1) is 8.69. The topological polar surface area (TPSA) is 85.2 Å². The number of thioether (sulfide) groups is 1. The van der Waals surface area contributed by atoms with E-state index in [9.17, 15) is 0 Å². The van der Waals surface area contributed by atoms with Gasteiger partial charge < -0.3 is 15.4 Å². The normalized spacial score (nSPS) is 12.6. The summed E-state index contributed by atoms with van der Waals surface area (Å²) < 4.78 is 4.97. The standard InChI is InChI=1S/C12H15N3O2S/c1-8-2-4-9(5-3-8)18-7-11-14-12(17-15-11)10(13)6-16/h2-5,10,16H,6-7,13H2,1H3/t10-/m0/s1. The molecule has 1 atom stereocenters. The molecule has 0 radical (unpaired) electrons. The minimum Gasteiger partial charge on any atom is -0.394 e. The molecule has 18 heavy (non-hydrogen) atoms. The van der Waals surface area contributed by atoms with Gasteiger partial charge in [0.2, 0.25) is 5.89 Å². The molecule has 0 aliphatic rings. The van der Waals surface area contributed by atoms with Crippen LogP contribution in [0.2, 0.25) is 0 Å². The predicted octanol–water partition coefficient (Wildman–Crippen LogP) is 1.66. The smallest absolute Gasteiger partial charge is 0.245 e. The highest BCUT2D eigenvalue weighted by Crippen LogP contribution is 2.22.